The van der Waals surface area contributed by atoms with Crippen LogP contribution < -0.4 is 0 Å². The highest BCUT2D eigenvalue weighted by atomic mass is 19.1. The smallest absolute Gasteiger partial charge is 0.410 e. The largest absolute Gasteiger partial charge is 0.445 e. The van der Waals surface area contributed by atoms with E-state index in [1.54, 1.807) is 0 Å². The second-order valence-corrected chi connectivity index (χ2v) is 3.87. The maximum atomic E-state index is 12.8. The van der Waals surface area contributed by atoms with Crippen LogP contribution in [0.4, 0.5) is 9.18 Å². The zero-order valence-corrected chi connectivity index (χ0v) is 8.93. The predicted octanol–water partition coefficient (Wildman–Crippen LogP) is 2.37. The summed E-state index contributed by atoms with van der Waals surface area (Å²) < 4.78 is 17.9. The summed E-state index contributed by atoms with van der Waals surface area (Å²) in [4.78, 5) is 12.9. The second kappa shape index (κ2) is 4.96. The highest BCUT2D eigenvalue weighted by Gasteiger charge is 2.26. The molecule has 1 saturated heterocycles. The summed E-state index contributed by atoms with van der Waals surface area (Å²) in [7, 11) is 0. The maximum absolute atomic E-state index is 12.8. The van der Waals surface area contributed by atoms with Crippen LogP contribution in [0.25, 0.3) is 0 Å². The molecule has 1 aliphatic heterocycles. The minimum atomic E-state index is -0.899. The summed E-state index contributed by atoms with van der Waals surface area (Å²) in [6.07, 6.45) is -0.909. The van der Waals surface area contributed by atoms with Crippen LogP contribution in [0.3, 0.4) is 0 Å². The monoisotopic (exact) mass is 223 g/mol. The highest BCUT2D eigenvalue weighted by molar-refractivity contribution is 5.68. The molecule has 1 amide bonds. The number of amides is 1. The summed E-state index contributed by atoms with van der Waals surface area (Å²) in [5.74, 6) is 0. The average molecular weight is 223 g/mol. The number of hydrogen-bond donors (Lipinski definition) is 0. The van der Waals surface area contributed by atoms with Crippen molar-refractivity contribution in [3.63, 3.8) is 0 Å². The average Bonchev–Trinajstić information content (AvgIpc) is 2.74. The Hall–Kier alpha value is -1.58. The van der Waals surface area contributed by atoms with Gasteiger partial charge in [-0.3, -0.25) is 0 Å². The van der Waals surface area contributed by atoms with E-state index in [9.17, 15) is 9.18 Å². The first-order chi connectivity index (χ1) is 7.75. The zero-order chi connectivity index (χ0) is 11.4. The molecule has 3 nitrogen and oxygen atoms in total. The Morgan fingerprint density at radius 2 is 2.19 bits per heavy atom. The lowest BCUT2D eigenvalue weighted by Crippen LogP contribution is -2.29. The molecule has 1 heterocycles. The molecule has 2 rings (SSSR count). The number of alkyl halides is 1. The van der Waals surface area contributed by atoms with E-state index in [1.807, 2.05) is 30.3 Å². The highest BCUT2D eigenvalue weighted by Crippen LogP contribution is 2.13. The molecule has 4 heteroatoms. The van der Waals surface area contributed by atoms with Crippen molar-refractivity contribution in [1.29, 1.82) is 0 Å². The summed E-state index contributed by atoms with van der Waals surface area (Å²) in [5, 5.41) is 0. The van der Waals surface area contributed by atoms with Crippen molar-refractivity contribution in [1.82, 2.24) is 4.90 Å². The minimum absolute atomic E-state index is 0.160. The normalized spacial score (nSPS) is 19.8. The van der Waals surface area contributed by atoms with Crippen molar-refractivity contribution in [2.24, 2.45) is 0 Å². The van der Waals surface area contributed by atoms with Gasteiger partial charge in [-0.1, -0.05) is 30.3 Å². The molecule has 1 atom stereocenters. The van der Waals surface area contributed by atoms with E-state index < -0.39 is 12.3 Å². The van der Waals surface area contributed by atoms with E-state index in [0.717, 1.165) is 5.56 Å². The quantitative estimate of drug-likeness (QED) is 0.770. The lowest BCUT2D eigenvalue weighted by atomic mass is 10.2. The Morgan fingerprint density at radius 1 is 1.44 bits per heavy atom. The Labute approximate surface area is 93.8 Å². The van der Waals surface area contributed by atoms with Crippen LogP contribution in [0.1, 0.15) is 12.0 Å². The van der Waals surface area contributed by atoms with E-state index in [1.165, 1.54) is 4.90 Å². The molecule has 1 fully saturated rings. The predicted molar refractivity (Wildman–Crippen MR) is 57.7 cm³/mol. The second-order valence-electron chi connectivity index (χ2n) is 3.87. The molecule has 0 bridgehead atoms. The van der Waals surface area contributed by atoms with Gasteiger partial charge in [-0.05, 0) is 12.0 Å². The third kappa shape index (κ3) is 2.72. The van der Waals surface area contributed by atoms with E-state index in [0.29, 0.717) is 13.0 Å². The molecule has 1 aromatic carbocycles. The van der Waals surface area contributed by atoms with Crippen molar-refractivity contribution in [2.45, 2.75) is 19.2 Å². The fraction of sp³-hybridized carbons (Fsp3) is 0.417. The molecule has 1 aromatic rings. The number of nitrogens with zero attached hydrogens (tertiary/aromatic N) is 1. The molecule has 0 aliphatic carbocycles. The minimum Gasteiger partial charge on any atom is -0.445 e. The van der Waals surface area contributed by atoms with E-state index in [2.05, 4.69) is 0 Å². The summed E-state index contributed by atoms with van der Waals surface area (Å²) in [6, 6.07) is 9.44. The molecule has 86 valence electrons. The molecular formula is C12H14FNO2. The number of halogens is 1. The van der Waals surface area contributed by atoms with Crippen LogP contribution in [0.15, 0.2) is 30.3 Å². The summed E-state index contributed by atoms with van der Waals surface area (Å²) >= 11 is 0. The van der Waals surface area contributed by atoms with E-state index >= 15 is 0 Å². The van der Waals surface area contributed by atoms with Crippen LogP contribution in [-0.2, 0) is 11.3 Å². The standard InChI is InChI=1S/C12H14FNO2/c13-11-6-7-14(8-11)12(15)16-9-10-4-2-1-3-5-10/h1-5,11H,6-9H2/t11-/m0/s1. The van der Waals surface area contributed by atoms with Gasteiger partial charge in [0.05, 0.1) is 6.54 Å². The molecule has 0 aromatic heterocycles. The Bertz CT molecular complexity index is 355. The first kappa shape index (κ1) is 10.9. The number of rotatable bonds is 2. The zero-order valence-electron chi connectivity index (χ0n) is 8.93. The number of ether oxygens (including phenoxy) is 1. The van der Waals surface area contributed by atoms with Gasteiger partial charge in [-0.2, -0.15) is 0 Å². The fourth-order valence-corrected chi connectivity index (χ4v) is 1.69. The van der Waals surface area contributed by atoms with Gasteiger partial charge < -0.3 is 9.64 Å². The van der Waals surface area contributed by atoms with Crippen LogP contribution in [-0.4, -0.2) is 30.3 Å². The Morgan fingerprint density at radius 3 is 2.81 bits per heavy atom. The van der Waals surface area contributed by atoms with E-state index in [-0.39, 0.29) is 13.2 Å². The lowest BCUT2D eigenvalue weighted by Gasteiger charge is -2.14. The third-order valence-corrected chi connectivity index (χ3v) is 2.59. The van der Waals surface area contributed by atoms with Crippen LogP contribution in [0.5, 0.6) is 0 Å². The Balaban J connectivity index is 1.80. The van der Waals surface area contributed by atoms with Gasteiger partial charge in [0.1, 0.15) is 12.8 Å². The van der Waals surface area contributed by atoms with E-state index in [4.69, 9.17) is 4.74 Å². The first-order valence-electron chi connectivity index (χ1n) is 5.35. The first-order valence-corrected chi connectivity index (χ1v) is 5.35. The van der Waals surface area contributed by atoms with Gasteiger partial charge in [0.25, 0.3) is 0 Å². The molecule has 0 saturated carbocycles. The molecule has 1 aliphatic rings. The molecule has 0 spiro atoms. The van der Waals surface area contributed by atoms with Crippen LogP contribution >= 0.6 is 0 Å². The van der Waals surface area contributed by atoms with Crippen LogP contribution in [0.2, 0.25) is 0 Å². The number of carbonyl (C=O) groups excluding carboxylic acids is 1. The van der Waals surface area contributed by atoms with Crippen molar-refractivity contribution < 1.29 is 13.9 Å². The van der Waals surface area contributed by atoms with Crippen molar-refractivity contribution >= 4 is 6.09 Å². The topological polar surface area (TPSA) is 29.5 Å². The molecule has 0 radical (unpaired) electrons. The number of benzene rings is 1. The lowest BCUT2D eigenvalue weighted by molar-refractivity contribution is 0.102. The summed E-state index contributed by atoms with van der Waals surface area (Å²) in [6.45, 7) is 0.857. The third-order valence-electron chi connectivity index (χ3n) is 2.59. The molecule has 16 heavy (non-hydrogen) atoms. The van der Waals surface area contributed by atoms with Crippen molar-refractivity contribution in [2.75, 3.05) is 13.1 Å². The van der Waals surface area contributed by atoms with Gasteiger partial charge in [-0.15, -0.1) is 0 Å². The maximum Gasteiger partial charge on any atom is 0.410 e. The van der Waals surface area contributed by atoms with Gasteiger partial charge >= 0.3 is 6.09 Å². The molecule has 0 unspecified atom stereocenters. The molecular weight excluding hydrogens is 209 g/mol. The van der Waals surface area contributed by atoms with Crippen molar-refractivity contribution in [3.05, 3.63) is 35.9 Å². The number of hydrogen-bond acceptors (Lipinski definition) is 2. The van der Waals surface area contributed by atoms with Gasteiger partial charge in [0.15, 0.2) is 0 Å². The van der Waals surface area contributed by atoms with Gasteiger partial charge in [0.2, 0.25) is 0 Å². The number of carbonyl (C=O) groups is 1. The van der Waals surface area contributed by atoms with Gasteiger partial charge in [0, 0.05) is 6.54 Å². The SMILES string of the molecule is O=C(OCc1ccccc1)N1CC[C@H](F)C1. The fourth-order valence-electron chi connectivity index (χ4n) is 1.69. The van der Waals surface area contributed by atoms with Gasteiger partial charge in [-0.25, -0.2) is 9.18 Å². The number of likely N-dealkylation sites (tertiary alicyclic amines) is 1. The van der Waals surface area contributed by atoms with Crippen LogP contribution in [0, 0.1) is 0 Å². The van der Waals surface area contributed by atoms with Crippen molar-refractivity contribution in [3.8, 4) is 0 Å². The Kier molecular flexibility index (Phi) is 3.39. The molecule has 0 N–H and O–H groups in total. The summed E-state index contributed by atoms with van der Waals surface area (Å²) in [5.41, 5.74) is 0.937.